The normalized spacial score (nSPS) is 27.8. The number of morpholine rings is 1. The van der Waals surface area contributed by atoms with Crippen molar-refractivity contribution in [1.29, 1.82) is 0 Å². The van der Waals surface area contributed by atoms with Crippen molar-refractivity contribution in [3.63, 3.8) is 0 Å². The Morgan fingerprint density at radius 2 is 2.00 bits per heavy atom. The van der Waals surface area contributed by atoms with E-state index in [2.05, 4.69) is 15.2 Å². The van der Waals surface area contributed by atoms with Crippen LogP contribution in [0, 0.1) is 0 Å². The number of nitrogens with zero attached hydrogens (tertiary/aromatic N) is 3. The molecule has 0 spiro atoms. The van der Waals surface area contributed by atoms with E-state index in [0.717, 1.165) is 44.0 Å². The first-order valence-corrected chi connectivity index (χ1v) is 8.64. The molecule has 4 rings (SSSR count). The minimum absolute atomic E-state index is 0.119. The molecule has 2 bridgehead atoms. The Morgan fingerprint density at radius 3 is 2.87 bits per heavy atom. The number of hydrogen-bond donors (Lipinski definition) is 1. The molecule has 2 atom stereocenters. The average Bonchev–Trinajstić information content (AvgIpc) is 2.94. The molecule has 2 unspecified atom stereocenters. The molecule has 3 saturated heterocycles. The van der Waals surface area contributed by atoms with E-state index in [1.54, 1.807) is 6.20 Å². The van der Waals surface area contributed by atoms with Crippen molar-refractivity contribution >= 4 is 11.7 Å². The lowest BCUT2D eigenvalue weighted by Crippen LogP contribution is -2.41. The third kappa shape index (κ3) is 3.05. The van der Waals surface area contributed by atoms with Gasteiger partial charge in [-0.3, -0.25) is 4.79 Å². The molecule has 1 aromatic heterocycles. The van der Waals surface area contributed by atoms with Crippen LogP contribution in [0.1, 0.15) is 29.6 Å². The van der Waals surface area contributed by atoms with Crippen LogP contribution in [0.5, 0.6) is 0 Å². The lowest BCUT2D eigenvalue weighted by atomic mass is 10.1. The summed E-state index contributed by atoms with van der Waals surface area (Å²) in [5.74, 6) is 0.928. The second kappa shape index (κ2) is 6.45. The SMILES string of the molecule is O=C(c1cccnc1N1CCOCC1)N1CCC2CCC(C1)N2. The predicted octanol–water partition coefficient (Wildman–Crippen LogP) is 0.885. The van der Waals surface area contributed by atoms with Gasteiger partial charge in [-0.1, -0.05) is 0 Å². The molecule has 0 saturated carbocycles. The van der Waals surface area contributed by atoms with Crippen molar-refractivity contribution in [1.82, 2.24) is 15.2 Å². The predicted molar refractivity (Wildman–Crippen MR) is 87.7 cm³/mol. The summed E-state index contributed by atoms with van der Waals surface area (Å²) in [6.07, 6.45) is 5.25. The van der Waals surface area contributed by atoms with Gasteiger partial charge >= 0.3 is 0 Å². The number of pyridine rings is 1. The number of hydrogen-bond acceptors (Lipinski definition) is 5. The largest absolute Gasteiger partial charge is 0.378 e. The topological polar surface area (TPSA) is 57.7 Å². The van der Waals surface area contributed by atoms with Crippen molar-refractivity contribution in [2.24, 2.45) is 0 Å². The van der Waals surface area contributed by atoms with E-state index in [0.29, 0.717) is 25.3 Å². The summed E-state index contributed by atoms with van der Waals surface area (Å²) in [6, 6.07) is 4.82. The monoisotopic (exact) mass is 316 g/mol. The molecule has 6 nitrogen and oxygen atoms in total. The number of carbonyl (C=O) groups is 1. The lowest BCUT2D eigenvalue weighted by molar-refractivity contribution is 0.0747. The van der Waals surface area contributed by atoms with Gasteiger partial charge in [0.05, 0.1) is 18.8 Å². The van der Waals surface area contributed by atoms with Crippen LogP contribution in [0.25, 0.3) is 0 Å². The summed E-state index contributed by atoms with van der Waals surface area (Å²) < 4.78 is 5.41. The van der Waals surface area contributed by atoms with E-state index in [-0.39, 0.29) is 5.91 Å². The Balaban J connectivity index is 1.56. The van der Waals surface area contributed by atoms with Gasteiger partial charge in [-0.25, -0.2) is 4.98 Å². The zero-order valence-electron chi connectivity index (χ0n) is 13.4. The molecule has 6 heteroatoms. The molecular formula is C17H24N4O2. The molecule has 3 fully saturated rings. The van der Waals surface area contributed by atoms with E-state index in [9.17, 15) is 4.79 Å². The van der Waals surface area contributed by atoms with Gasteiger partial charge in [0.2, 0.25) is 0 Å². The maximum absolute atomic E-state index is 13.1. The molecule has 1 aromatic rings. The molecule has 1 N–H and O–H groups in total. The number of fused-ring (bicyclic) bond motifs is 2. The minimum Gasteiger partial charge on any atom is -0.378 e. The molecule has 0 aromatic carbocycles. The van der Waals surface area contributed by atoms with Gasteiger partial charge in [0, 0.05) is 44.5 Å². The molecule has 23 heavy (non-hydrogen) atoms. The number of carbonyl (C=O) groups excluding carboxylic acids is 1. The highest BCUT2D eigenvalue weighted by atomic mass is 16.5. The standard InChI is InChI=1S/C17H24N4O2/c22-17(21-7-5-13-3-4-14(12-21)19-13)15-2-1-6-18-16(15)20-8-10-23-11-9-20/h1-2,6,13-14,19H,3-5,7-12H2. The minimum atomic E-state index is 0.119. The smallest absolute Gasteiger partial charge is 0.257 e. The van der Waals surface area contributed by atoms with Crippen molar-refractivity contribution in [3.8, 4) is 0 Å². The quantitative estimate of drug-likeness (QED) is 0.878. The van der Waals surface area contributed by atoms with Crippen LogP contribution < -0.4 is 10.2 Å². The van der Waals surface area contributed by atoms with Crippen LogP contribution in [-0.2, 0) is 4.74 Å². The van der Waals surface area contributed by atoms with Gasteiger partial charge in [-0.2, -0.15) is 0 Å². The summed E-state index contributed by atoms with van der Waals surface area (Å²) in [5.41, 5.74) is 0.729. The number of aromatic nitrogens is 1. The first-order chi connectivity index (χ1) is 11.3. The van der Waals surface area contributed by atoms with Crippen molar-refractivity contribution < 1.29 is 9.53 Å². The third-order valence-electron chi connectivity index (χ3n) is 5.14. The van der Waals surface area contributed by atoms with Crippen LogP contribution in [0.15, 0.2) is 18.3 Å². The zero-order chi connectivity index (χ0) is 15.6. The van der Waals surface area contributed by atoms with Crippen molar-refractivity contribution in [2.75, 3.05) is 44.3 Å². The van der Waals surface area contributed by atoms with E-state index in [4.69, 9.17) is 4.74 Å². The number of nitrogens with one attached hydrogen (secondary N) is 1. The Kier molecular flexibility index (Phi) is 4.18. The van der Waals surface area contributed by atoms with Crippen molar-refractivity contribution in [3.05, 3.63) is 23.9 Å². The molecule has 1 amide bonds. The lowest BCUT2D eigenvalue weighted by Gasteiger charge is -2.31. The average molecular weight is 316 g/mol. The molecule has 3 aliphatic heterocycles. The molecule has 124 valence electrons. The summed E-state index contributed by atoms with van der Waals surface area (Å²) >= 11 is 0. The van der Waals surface area contributed by atoms with E-state index in [1.807, 2.05) is 17.0 Å². The van der Waals surface area contributed by atoms with Crippen LogP contribution in [-0.4, -0.2) is 67.3 Å². The fraction of sp³-hybridized carbons (Fsp3) is 0.647. The second-order valence-electron chi connectivity index (χ2n) is 6.65. The van der Waals surface area contributed by atoms with Crippen LogP contribution >= 0.6 is 0 Å². The molecule has 4 heterocycles. The number of amides is 1. The van der Waals surface area contributed by atoms with Gasteiger partial charge < -0.3 is 19.9 Å². The number of ether oxygens (including phenoxy) is 1. The van der Waals surface area contributed by atoms with Gasteiger partial charge in [0.15, 0.2) is 0 Å². The van der Waals surface area contributed by atoms with E-state index < -0.39 is 0 Å². The highest BCUT2D eigenvalue weighted by Gasteiger charge is 2.32. The Labute approximate surface area is 136 Å². The first-order valence-electron chi connectivity index (χ1n) is 8.64. The van der Waals surface area contributed by atoms with E-state index >= 15 is 0 Å². The Hall–Kier alpha value is -1.66. The van der Waals surface area contributed by atoms with Gasteiger partial charge in [-0.05, 0) is 31.4 Å². The maximum atomic E-state index is 13.1. The van der Waals surface area contributed by atoms with Gasteiger partial charge in [-0.15, -0.1) is 0 Å². The molecule has 0 aliphatic carbocycles. The second-order valence-corrected chi connectivity index (χ2v) is 6.65. The van der Waals surface area contributed by atoms with Gasteiger partial charge in [0.25, 0.3) is 5.91 Å². The highest BCUT2D eigenvalue weighted by molar-refractivity contribution is 5.99. The fourth-order valence-corrected chi connectivity index (χ4v) is 3.89. The molecule has 0 radical (unpaired) electrons. The maximum Gasteiger partial charge on any atom is 0.257 e. The molecular weight excluding hydrogens is 292 g/mol. The number of rotatable bonds is 2. The summed E-state index contributed by atoms with van der Waals surface area (Å²) in [5, 5.41) is 3.63. The fourth-order valence-electron chi connectivity index (χ4n) is 3.89. The molecule has 3 aliphatic rings. The number of likely N-dealkylation sites (tertiary alicyclic amines) is 1. The Bertz CT molecular complexity index is 573. The van der Waals surface area contributed by atoms with Crippen molar-refractivity contribution in [2.45, 2.75) is 31.3 Å². The highest BCUT2D eigenvalue weighted by Crippen LogP contribution is 2.24. The first kappa shape index (κ1) is 14.9. The zero-order valence-corrected chi connectivity index (χ0v) is 13.4. The summed E-state index contributed by atoms with van der Waals surface area (Å²) in [4.78, 5) is 21.8. The third-order valence-corrected chi connectivity index (χ3v) is 5.14. The number of anilines is 1. The summed E-state index contributed by atoms with van der Waals surface area (Å²) in [6.45, 7) is 4.63. The van der Waals surface area contributed by atoms with E-state index in [1.165, 1.54) is 12.8 Å². The van der Waals surface area contributed by atoms with Crippen LogP contribution in [0.3, 0.4) is 0 Å². The Morgan fingerprint density at radius 1 is 1.17 bits per heavy atom. The van der Waals surface area contributed by atoms with Gasteiger partial charge in [0.1, 0.15) is 5.82 Å². The summed E-state index contributed by atoms with van der Waals surface area (Å²) in [7, 11) is 0. The van der Waals surface area contributed by atoms with Crippen LogP contribution in [0.2, 0.25) is 0 Å². The van der Waals surface area contributed by atoms with Crippen LogP contribution in [0.4, 0.5) is 5.82 Å².